The van der Waals surface area contributed by atoms with Gasteiger partial charge in [0.25, 0.3) is 11.8 Å². The molecule has 0 saturated heterocycles. The average molecular weight is 203 g/mol. The molecule has 0 aliphatic heterocycles. The number of hydrogen-bond acceptors (Lipinski definition) is 2. The van der Waals surface area contributed by atoms with Crippen molar-refractivity contribution < 1.29 is 9.59 Å². The zero-order valence-corrected chi connectivity index (χ0v) is 7.78. The molecule has 0 saturated carbocycles. The lowest BCUT2D eigenvalue weighted by molar-refractivity contribution is 0.0996. The fourth-order valence-electron chi connectivity index (χ4n) is 1.57. The summed E-state index contributed by atoms with van der Waals surface area (Å²) in [5, 5.41) is 1.22. The molecule has 0 unspecified atom stereocenters. The number of H-pyrrole nitrogens is 1. The summed E-state index contributed by atoms with van der Waals surface area (Å²) in [6, 6.07) is 6.93. The van der Waals surface area contributed by atoms with E-state index in [2.05, 4.69) is 4.98 Å². The van der Waals surface area contributed by atoms with Crippen molar-refractivity contribution in [2.75, 3.05) is 0 Å². The minimum Gasteiger partial charge on any atom is -0.364 e. The van der Waals surface area contributed by atoms with Crippen molar-refractivity contribution in [1.29, 1.82) is 0 Å². The van der Waals surface area contributed by atoms with Crippen LogP contribution >= 0.6 is 0 Å². The van der Waals surface area contributed by atoms with Crippen LogP contribution in [0.25, 0.3) is 10.8 Å². The zero-order chi connectivity index (χ0) is 11.0. The van der Waals surface area contributed by atoms with Crippen molar-refractivity contribution in [1.82, 2.24) is 4.98 Å². The van der Waals surface area contributed by atoms with E-state index in [1.807, 2.05) is 0 Å². The van der Waals surface area contributed by atoms with Gasteiger partial charge in [0.15, 0.2) is 0 Å². The van der Waals surface area contributed by atoms with Gasteiger partial charge in [-0.2, -0.15) is 0 Å². The predicted octanol–water partition coefficient (Wildman–Crippen LogP) is 0.366. The first kappa shape index (κ1) is 9.26. The highest BCUT2D eigenvalue weighted by Gasteiger charge is 2.16. The predicted molar refractivity (Wildman–Crippen MR) is 55.3 cm³/mol. The van der Waals surface area contributed by atoms with Crippen LogP contribution in [-0.2, 0) is 0 Å². The molecule has 2 rings (SSSR count). The lowest BCUT2D eigenvalue weighted by Gasteiger charge is -1.91. The summed E-state index contributed by atoms with van der Waals surface area (Å²) in [6.45, 7) is 0. The van der Waals surface area contributed by atoms with Crippen molar-refractivity contribution in [2.45, 2.75) is 0 Å². The molecule has 1 aromatic carbocycles. The molecule has 0 spiro atoms. The van der Waals surface area contributed by atoms with Gasteiger partial charge in [0.1, 0.15) is 11.4 Å². The monoisotopic (exact) mass is 203 g/mol. The molecule has 2 amide bonds. The van der Waals surface area contributed by atoms with E-state index < -0.39 is 11.8 Å². The number of aromatic amines is 1. The van der Waals surface area contributed by atoms with Gasteiger partial charge in [0.05, 0.1) is 0 Å². The van der Waals surface area contributed by atoms with Gasteiger partial charge < -0.3 is 16.5 Å². The second-order valence-corrected chi connectivity index (χ2v) is 3.15. The number of amides is 2. The van der Waals surface area contributed by atoms with Crippen LogP contribution in [0.3, 0.4) is 0 Å². The van der Waals surface area contributed by atoms with Crippen molar-refractivity contribution in [2.24, 2.45) is 11.5 Å². The minimum absolute atomic E-state index is 0.208. The normalized spacial score (nSPS) is 10.4. The van der Waals surface area contributed by atoms with Crippen LogP contribution in [0.15, 0.2) is 24.3 Å². The van der Waals surface area contributed by atoms with E-state index in [0.717, 1.165) is 0 Å². The number of primary amides is 2. The second-order valence-electron chi connectivity index (χ2n) is 3.15. The molecule has 1 aromatic heterocycles. The molecular formula is C10H9N3O2. The Balaban J connectivity index is 2.85. The van der Waals surface area contributed by atoms with Crippen LogP contribution in [-0.4, -0.2) is 16.8 Å². The number of carbonyl (C=O) groups excluding carboxylic acids is 2. The lowest BCUT2D eigenvalue weighted by Crippen LogP contribution is -2.14. The molecule has 15 heavy (non-hydrogen) atoms. The Labute approximate surface area is 85.1 Å². The summed E-state index contributed by atoms with van der Waals surface area (Å²) < 4.78 is 0. The summed E-state index contributed by atoms with van der Waals surface area (Å²) in [7, 11) is 0. The Kier molecular flexibility index (Phi) is 1.93. The number of hydrogen-bond donors (Lipinski definition) is 3. The summed E-state index contributed by atoms with van der Waals surface area (Å²) in [5.74, 6) is -1.22. The molecule has 1 heterocycles. The average Bonchev–Trinajstić information content (AvgIpc) is 2.56. The van der Waals surface area contributed by atoms with Gasteiger partial charge in [-0.15, -0.1) is 0 Å². The number of nitrogens with two attached hydrogens (primary N) is 2. The molecule has 2 aromatic rings. The van der Waals surface area contributed by atoms with Crippen LogP contribution in [0, 0.1) is 0 Å². The van der Waals surface area contributed by atoms with Crippen LogP contribution in [0.1, 0.15) is 21.0 Å². The Morgan fingerprint density at radius 1 is 0.933 bits per heavy atom. The minimum atomic E-state index is -0.612. The first-order valence-electron chi connectivity index (χ1n) is 4.31. The molecule has 0 fully saturated rings. The van der Waals surface area contributed by atoms with Gasteiger partial charge >= 0.3 is 0 Å². The third-order valence-corrected chi connectivity index (χ3v) is 2.21. The largest absolute Gasteiger partial charge is 0.364 e. The topological polar surface area (TPSA) is 102 Å². The van der Waals surface area contributed by atoms with E-state index >= 15 is 0 Å². The molecule has 0 atom stereocenters. The van der Waals surface area contributed by atoms with E-state index in [1.165, 1.54) is 0 Å². The van der Waals surface area contributed by atoms with Gasteiger partial charge in [-0.05, 0) is 0 Å². The van der Waals surface area contributed by atoms with E-state index in [0.29, 0.717) is 10.8 Å². The van der Waals surface area contributed by atoms with Crippen LogP contribution in [0.2, 0.25) is 0 Å². The Bertz CT molecular complexity index is 509. The van der Waals surface area contributed by atoms with E-state index in [1.54, 1.807) is 24.3 Å². The Morgan fingerprint density at radius 3 is 1.67 bits per heavy atom. The highest BCUT2D eigenvalue weighted by Crippen LogP contribution is 2.21. The molecule has 0 bridgehead atoms. The van der Waals surface area contributed by atoms with Crippen LogP contribution in [0.4, 0.5) is 0 Å². The number of carbonyl (C=O) groups is 2. The SMILES string of the molecule is NC(=O)c1[nH]c(C(N)=O)c2ccccc12. The molecule has 5 heteroatoms. The fraction of sp³-hybridized carbons (Fsp3) is 0. The van der Waals surface area contributed by atoms with Gasteiger partial charge in [0, 0.05) is 10.8 Å². The van der Waals surface area contributed by atoms with Crippen molar-refractivity contribution in [3.63, 3.8) is 0 Å². The van der Waals surface area contributed by atoms with E-state index in [-0.39, 0.29) is 11.4 Å². The highest BCUT2D eigenvalue weighted by atomic mass is 16.1. The quantitative estimate of drug-likeness (QED) is 0.656. The Morgan fingerprint density at radius 2 is 1.33 bits per heavy atom. The van der Waals surface area contributed by atoms with E-state index in [4.69, 9.17) is 11.5 Å². The Hall–Kier alpha value is -2.30. The number of rotatable bonds is 2. The highest BCUT2D eigenvalue weighted by molar-refractivity contribution is 6.13. The standard InChI is InChI=1S/C10H9N3O2/c11-9(14)7-5-3-1-2-4-6(5)8(13-7)10(12)15/h1-4,13H,(H2,11,14)(H2,12,15). The maximum absolute atomic E-state index is 11.1. The molecule has 0 radical (unpaired) electrons. The maximum atomic E-state index is 11.1. The molecule has 0 aliphatic rings. The molecule has 0 aliphatic carbocycles. The molecule has 76 valence electrons. The first-order valence-corrected chi connectivity index (χ1v) is 4.31. The number of nitrogens with one attached hydrogen (secondary N) is 1. The molecule has 5 nitrogen and oxygen atoms in total. The summed E-state index contributed by atoms with van der Waals surface area (Å²) in [5.41, 5.74) is 10.8. The first-order chi connectivity index (χ1) is 7.11. The van der Waals surface area contributed by atoms with Gasteiger partial charge in [-0.25, -0.2) is 0 Å². The van der Waals surface area contributed by atoms with Crippen molar-refractivity contribution in [3.8, 4) is 0 Å². The zero-order valence-electron chi connectivity index (χ0n) is 7.78. The molecular weight excluding hydrogens is 194 g/mol. The third kappa shape index (κ3) is 1.34. The van der Waals surface area contributed by atoms with Crippen molar-refractivity contribution >= 4 is 22.6 Å². The second kappa shape index (κ2) is 3.13. The van der Waals surface area contributed by atoms with Crippen molar-refractivity contribution in [3.05, 3.63) is 35.7 Å². The summed E-state index contributed by atoms with van der Waals surface area (Å²) >= 11 is 0. The van der Waals surface area contributed by atoms with Gasteiger partial charge in [-0.3, -0.25) is 9.59 Å². The van der Waals surface area contributed by atoms with Crippen LogP contribution in [0.5, 0.6) is 0 Å². The van der Waals surface area contributed by atoms with Crippen LogP contribution < -0.4 is 11.5 Å². The van der Waals surface area contributed by atoms with E-state index in [9.17, 15) is 9.59 Å². The number of aromatic nitrogens is 1. The summed E-state index contributed by atoms with van der Waals surface area (Å²) in [4.78, 5) is 24.8. The number of benzene rings is 1. The smallest absolute Gasteiger partial charge is 0.265 e. The van der Waals surface area contributed by atoms with Gasteiger partial charge in [-0.1, -0.05) is 24.3 Å². The third-order valence-electron chi connectivity index (χ3n) is 2.21. The number of fused-ring (bicyclic) bond motifs is 1. The fourth-order valence-corrected chi connectivity index (χ4v) is 1.57. The molecule has 5 N–H and O–H groups in total. The summed E-state index contributed by atoms with van der Waals surface area (Å²) in [6.07, 6.45) is 0. The maximum Gasteiger partial charge on any atom is 0.265 e. The lowest BCUT2D eigenvalue weighted by atomic mass is 10.1. The van der Waals surface area contributed by atoms with Gasteiger partial charge in [0.2, 0.25) is 0 Å².